The number of nitrogens with zero attached hydrogens (tertiary/aromatic N) is 3. The highest BCUT2D eigenvalue weighted by atomic mass is 32.2. The molecule has 0 bridgehead atoms. The van der Waals surface area contributed by atoms with Crippen molar-refractivity contribution in [3.05, 3.63) is 63.9 Å². The van der Waals surface area contributed by atoms with Crippen LogP contribution in [0.2, 0.25) is 0 Å². The lowest BCUT2D eigenvalue weighted by atomic mass is 10.0. The molecule has 3 fully saturated rings. The van der Waals surface area contributed by atoms with E-state index in [1.54, 1.807) is 22.0 Å². The number of carbonyl (C=O) groups is 2. The van der Waals surface area contributed by atoms with E-state index in [9.17, 15) is 9.59 Å². The lowest BCUT2D eigenvalue weighted by molar-refractivity contribution is -0.122. The molecule has 1 aromatic rings. The van der Waals surface area contributed by atoms with Gasteiger partial charge >= 0.3 is 0 Å². The Morgan fingerprint density at radius 1 is 0.882 bits per heavy atom. The monoisotopic (exact) mass is 527 g/mol. The zero-order valence-corrected chi connectivity index (χ0v) is 22.2. The van der Waals surface area contributed by atoms with Gasteiger partial charge in [-0.15, -0.1) is 13.2 Å². The minimum Gasteiger partial charge on any atom is -0.371 e. The van der Waals surface area contributed by atoms with Crippen LogP contribution in [0.3, 0.4) is 0 Å². The maximum absolute atomic E-state index is 13.0. The molecular weight excluding hydrogens is 503 g/mol. The van der Waals surface area contributed by atoms with E-state index in [0.29, 0.717) is 31.5 Å². The smallest absolute Gasteiger partial charge is 0.266 e. The lowest BCUT2D eigenvalue weighted by Gasteiger charge is -2.22. The Morgan fingerprint density at radius 3 is 1.88 bits per heavy atom. The predicted molar refractivity (Wildman–Crippen MR) is 153 cm³/mol. The number of hydrogen-bond donors (Lipinski definition) is 0. The van der Waals surface area contributed by atoms with Crippen LogP contribution in [0.15, 0.2) is 47.3 Å². The van der Waals surface area contributed by atoms with Crippen LogP contribution in [0.4, 0.5) is 5.69 Å². The van der Waals surface area contributed by atoms with Gasteiger partial charge in [-0.3, -0.25) is 19.4 Å². The summed E-state index contributed by atoms with van der Waals surface area (Å²) in [6, 6.07) is 4.21. The van der Waals surface area contributed by atoms with Crippen LogP contribution in [-0.4, -0.2) is 56.4 Å². The van der Waals surface area contributed by atoms with Gasteiger partial charge in [0.25, 0.3) is 11.8 Å². The van der Waals surface area contributed by atoms with Gasteiger partial charge in [-0.05, 0) is 60.7 Å². The Kier molecular flexibility index (Phi) is 7.77. The minimum absolute atomic E-state index is 0.102. The number of aryl methyl sites for hydroxylation is 1. The van der Waals surface area contributed by atoms with Crippen molar-refractivity contribution in [1.82, 2.24) is 9.80 Å². The number of amides is 2. The van der Waals surface area contributed by atoms with Crippen LogP contribution < -0.4 is 4.90 Å². The van der Waals surface area contributed by atoms with Gasteiger partial charge in [-0.2, -0.15) is 0 Å². The van der Waals surface area contributed by atoms with Crippen LogP contribution in [0.25, 0.3) is 12.2 Å². The van der Waals surface area contributed by atoms with E-state index >= 15 is 0 Å². The van der Waals surface area contributed by atoms with Crippen molar-refractivity contribution in [2.45, 2.75) is 19.8 Å². The van der Waals surface area contributed by atoms with E-state index in [4.69, 9.17) is 24.4 Å². The van der Waals surface area contributed by atoms with E-state index < -0.39 is 0 Å². The van der Waals surface area contributed by atoms with Crippen LogP contribution in [-0.2, 0) is 9.59 Å². The Bertz CT molecular complexity index is 1160. The SMILES string of the molecule is C=CCN1C(=O)/C(=C/c2cc(/C=C3\SC(=S)N(CC=C)C3=O)c(N3CCCC3)cc2C)SC1=S. The maximum atomic E-state index is 13.0. The molecule has 176 valence electrons. The van der Waals surface area contributed by atoms with Crippen molar-refractivity contribution in [3.8, 4) is 0 Å². The predicted octanol–water partition coefficient (Wildman–Crippen LogP) is 5.37. The minimum atomic E-state index is -0.107. The molecule has 5 nitrogen and oxygen atoms in total. The number of rotatable bonds is 7. The highest BCUT2D eigenvalue weighted by Gasteiger charge is 2.33. The molecule has 0 aliphatic carbocycles. The summed E-state index contributed by atoms with van der Waals surface area (Å²) in [6.07, 6.45) is 9.46. The Balaban J connectivity index is 1.76. The summed E-state index contributed by atoms with van der Waals surface area (Å²) < 4.78 is 1.07. The van der Waals surface area contributed by atoms with Gasteiger partial charge in [0.2, 0.25) is 0 Å². The van der Waals surface area contributed by atoms with E-state index in [1.807, 2.05) is 19.1 Å². The average Bonchev–Trinajstić information content (AvgIpc) is 3.49. The molecule has 0 spiro atoms. The van der Waals surface area contributed by atoms with E-state index in [-0.39, 0.29) is 11.8 Å². The third-order valence-corrected chi connectivity index (χ3v) is 8.56. The van der Waals surface area contributed by atoms with Crippen molar-refractivity contribution in [3.63, 3.8) is 0 Å². The fraction of sp³-hybridized carbons (Fsp3) is 0.280. The highest BCUT2D eigenvalue weighted by Crippen LogP contribution is 2.38. The number of thioether (sulfide) groups is 2. The molecule has 3 heterocycles. The van der Waals surface area contributed by atoms with Crippen molar-refractivity contribution in [1.29, 1.82) is 0 Å². The number of hydrogen-bond acceptors (Lipinski definition) is 7. The summed E-state index contributed by atoms with van der Waals surface area (Å²) in [5, 5.41) is 0. The summed E-state index contributed by atoms with van der Waals surface area (Å²) in [5.74, 6) is -0.209. The van der Waals surface area contributed by atoms with Gasteiger partial charge in [0, 0.05) is 31.9 Å². The first-order chi connectivity index (χ1) is 16.3. The number of thiocarbonyl (C=S) groups is 2. The van der Waals surface area contributed by atoms with Crippen molar-refractivity contribution in [2.24, 2.45) is 0 Å². The molecule has 1 aromatic carbocycles. The summed E-state index contributed by atoms with van der Waals surface area (Å²) in [5.41, 5.74) is 4.03. The van der Waals surface area contributed by atoms with Gasteiger partial charge in [-0.1, -0.05) is 60.1 Å². The largest absolute Gasteiger partial charge is 0.371 e. The molecule has 2 amide bonds. The second-order valence-corrected chi connectivity index (χ2v) is 11.5. The normalized spacial score (nSPS) is 21.0. The molecule has 0 saturated carbocycles. The molecular formula is C25H25N3O2S4. The zero-order chi connectivity index (χ0) is 24.4. The topological polar surface area (TPSA) is 43.9 Å². The van der Waals surface area contributed by atoms with Gasteiger partial charge < -0.3 is 4.90 Å². The second-order valence-electron chi connectivity index (χ2n) is 8.12. The standard InChI is InChI=1S/C25H25N3O2S4/c1-4-8-27-22(29)20(33-24(27)31)14-17-13-18(19(12-16(17)3)26-10-6-7-11-26)15-21-23(30)28(9-5-2)25(32)34-21/h4-5,12-15H,1-2,6-11H2,3H3/b20-14-,21-15-. The van der Waals surface area contributed by atoms with Gasteiger partial charge in [0.1, 0.15) is 8.64 Å². The van der Waals surface area contributed by atoms with E-state index in [0.717, 1.165) is 48.3 Å². The van der Waals surface area contributed by atoms with Gasteiger partial charge in [0.15, 0.2) is 0 Å². The summed E-state index contributed by atoms with van der Waals surface area (Å²) in [4.78, 5) is 32.5. The molecule has 9 heteroatoms. The molecule has 34 heavy (non-hydrogen) atoms. The summed E-state index contributed by atoms with van der Waals surface area (Å²) in [6.45, 7) is 12.2. The van der Waals surface area contributed by atoms with E-state index in [1.165, 1.54) is 23.5 Å². The fourth-order valence-electron chi connectivity index (χ4n) is 4.09. The number of carbonyl (C=O) groups excluding carboxylic acids is 2. The number of benzene rings is 1. The molecule has 3 aliphatic heterocycles. The fourth-order valence-corrected chi connectivity index (χ4v) is 6.62. The number of anilines is 1. The van der Waals surface area contributed by atoms with Crippen molar-refractivity contribution in [2.75, 3.05) is 31.1 Å². The Labute approximate surface area is 219 Å². The molecule has 0 atom stereocenters. The third kappa shape index (κ3) is 4.93. The van der Waals surface area contributed by atoms with Crippen molar-refractivity contribution < 1.29 is 9.59 Å². The Morgan fingerprint density at radius 2 is 1.38 bits per heavy atom. The molecule has 0 aromatic heterocycles. The molecule has 3 aliphatic rings. The second kappa shape index (κ2) is 10.6. The van der Waals surface area contributed by atoms with E-state index in [2.05, 4.69) is 30.2 Å². The van der Waals surface area contributed by atoms with Gasteiger partial charge in [0.05, 0.1) is 9.81 Å². The Hall–Kier alpha value is -2.20. The third-order valence-electron chi connectivity index (χ3n) is 5.81. The van der Waals surface area contributed by atoms with Crippen LogP contribution in [0, 0.1) is 6.92 Å². The molecule has 0 radical (unpaired) electrons. The zero-order valence-electron chi connectivity index (χ0n) is 18.9. The molecule has 4 rings (SSSR count). The van der Waals surface area contributed by atoms with Crippen molar-refractivity contribution >= 4 is 86.3 Å². The first-order valence-electron chi connectivity index (χ1n) is 11.0. The first kappa shape index (κ1) is 24.9. The summed E-state index contributed by atoms with van der Waals surface area (Å²) in [7, 11) is 0. The molecule has 3 saturated heterocycles. The maximum Gasteiger partial charge on any atom is 0.266 e. The quantitative estimate of drug-likeness (QED) is 0.268. The van der Waals surface area contributed by atoms with Crippen LogP contribution in [0.5, 0.6) is 0 Å². The first-order valence-corrected chi connectivity index (χ1v) is 13.4. The van der Waals surface area contributed by atoms with Crippen LogP contribution in [0.1, 0.15) is 29.5 Å². The highest BCUT2D eigenvalue weighted by molar-refractivity contribution is 8.27. The average molecular weight is 528 g/mol. The summed E-state index contributed by atoms with van der Waals surface area (Å²) >= 11 is 13.4. The van der Waals surface area contributed by atoms with Gasteiger partial charge in [-0.25, -0.2) is 0 Å². The molecule has 0 unspecified atom stereocenters. The van der Waals surface area contributed by atoms with Crippen LogP contribution >= 0.6 is 48.0 Å². The lowest BCUT2D eigenvalue weighted by Crippen LogP contribution is -2.27. The molecule has 0 N–H and O–H groups in total.